The molecule has 0 saturated carbocycles. The van der Waals surface area contributed by atoms with Crippen molar-refractivity contribution in [1.29, 1.82) is 0 Å². The van der Waals surface area contributed by atoms with E-state index in [0.29, 0.717) is 12.5 Å². The zero-order valence-corrected chi connectivity index (χ0v) is 14.2. The predicted octanol–water partition coefficient (Wildman–Crippen LogP) is 1.21. The molecular formula is C17H24N4O3. The van der Waals surface area contributed by atoms with Crippen LogP contribution in [0, 0.1) is 5.92 Å². The molecule has 3 heterocycles. The third kappa shape index (κ3) is 4.24. The van der Waals surface area contributed by atoms with E-state index in [9.17, 15) is 4.79 Å². The number of amides is 1. The molecular weight excluding hydrogens is 308 g/mol. The minimum absolute atomic E-state index is 0.0145. The third-order valence-corrected chi connectivity index (χ3v) is 4.18. The van der Waals surface area contributed by atoms with Crippen LogP contribution in [0.1, 0.15) is 11.6 Å². The number of carbonyl (C=O) groups is 1. The van der Waals surface area contributed by atoms with E-state index >= 15 is 0 Å². The van der Waals surface area contributed by atoms with E-state index in [2.05, 4.69) is 14.5 Å². The Hall–Kier alpha value is -2.12. The van der Waals surface area contributed by atoms with Crippen LogP contribution in [-0.4, -0.2) is 59.1 Å². The summed E-state index contributed by atoms with van der Waals surface area (Å²) in [6.45, 7) is 3.92. The number of carbonyl (C=O) groups excluding carboxylic acids is 1. The van der Waals surface area contributed by atoms with Gasteiger partial charge < -0.3 is 18.6 Å². The molecule has 0 fully saturated rings. The summed E-state index contributed by atoms with van der Waals surface area (Å²) in [7, 11) is 3.47. The quantitative estimate of drug-likeness (QED) is 0.796. The Morgan fingerprint density at radius 1 is 1.46 bits per heavy atom. The van der Waals surface area contributed by atoms with Crippen LogP contribution in [-0.2, 0) is 29.2 Å². The molecule has 2 aromatic rings. The van der Waals surface area contributed by atoms with Crippen molar-refractivity contribution in [2.45, 2.75) is 19.6 Å². The van der Waals surface area contributed by atoms with Gasteiger partial charge >= 0.3 is 0 Å². The minimum Gasteiger partial charge on any atom is -0.468 e. The summed E-state index contributed by atoms with van der Waals surface area (Å²) < 4.78 is 13.3. The molecule has 7 nitrogen and oxygen atoms in total. The first-order chi connectivity index (χ1) is 11.6. The number of nitrogens with zero attached hydrogens (tertiary/aromatic N) is 4. The maximum atomic E-state index is 11.6. The van der Waals surface area contributed by atoms with Crippen LogP contribution in [0.5, 0.6) is 0 Å². The SMILES string of the molecule is CN(C)C(=O)COC[C@@H]1CN(Cc2ccco2)Cc2nccn2C1. The van der Waals surface area contributed by atoms with Crippen LogP contribution in [0.3, 0.4) is 0 Å². The van der Waals surface area contributed by atoms with Crippen LogP contribution < -0.4 is 0 Å². The Bertz CT molecular complexity index is 651. The topological polar surface area (TPSA) is 63.7 Å². The summed E-state index contributed by atoms with van der Waals surface area (Å²) in [5.74, 6) is 2.27. The molecule has 0 aromatic carbocycles. The van der Waals surface area contributed by atoms with E-state index in [0.717, 1.165) is 37.8 Å². The second kappa shape index (κ2) is 7.63. The zero-order chi connectivity index (χ0) is 16.9. The fourth-order valence-corrected chi connectivity index (χ4v) is 2.91. The van der Waals surface area contributed by atoms with Crippen molar-refractivity contribution in [3.05, 3.63) is 42.4 Å². The second-order valence-electron chi connectivity index (χ2n) is 6.41. The number of ether oxygens (including phenoxy) is 1. The zero-order valence-electron chi connectivity index (χ0n) is 14.2. The molecule has 130 valence electrons. The molecule has 0 radical (unpaired) electrons. The van der Waals surface area contributed by atoms with E-state index in [-0.39, 0.29) is 12.5 Å². The van der Waals surface area contributed by atoms with Crippen molar-refractivity contribution < 1.29 is 13.9 Å². The fraction of sp³-hybridized carbons (Fsp3) is 0.529. The molecule has 0 bridgehead atoms. The Labute approximate surface area is 141 Å². The Balaban J connectivity index is 1.62. The number of likely N-dealkylation sites (N-methyl/N-ethyl adjacent to an activating group) is 1. The maximum Gasteiger partial charge on any atom is 0.248 e. The fourth-order valence-electron chi connectivity index (χ4n) is 2.91. The van der Waals surface area contributed by atoms with Crippen molar-refractivity contribution in [3.8, 4) is 0 Å². The van der Waals surface area contributed by atoms with E-state index in [4.69, 9.17) is 9.15 Å². The monoisotopic (exact) mass is 332 g/mol. The summed E-state index contributed by atoms with van der Waals surface area (Å²) in [4.78, 5) is 20.0. The maximum absolute atomic E-state index is 11.6. The summed E-state index contributed by atoms with van der Waals surface area (Å²) in [5.41, 5.74) is 0. The molecule has 1 atom stereocenters. The standard InChI is InChI=1S/C17H24N4O3/c1-19(2)17(22)13-23-12-14-8-20(10-15-4-3-7-24-15)11-16-18-5-6-21(16)9-14/h3-7,14H,8-13H2,1-2H3/t14-/m1/s1. The number of fused-ring (bicyclic) bond motifs is 1. The lowest BCUT2D eigenvalue weighted by Crippen LogP contribution is -2.32. The summed E-state index contributed by atoms with van der Waals surface area (Å²) in [5, 5.41) is 0. The number of rotatable bonds is 6. The Kier molecular flexibility index (Phi) is 5.32. The van der Waals surface area contributed by atoms with Gasteiger partial charge in [0.2, 0.25) is 5.91 Å². The van der Waals surface area contributed by atoms with E-state index in [1.165, 1.54) is 0 Å². The molecule has 0 spiro atoms. The second-order valence-corrected chi connectivity index (χ2v) is 6.41. The predicted molar refractivity (Wildman–Crippen MR) is 88.1 cm³/mol. The van der Waals surface area contributed by atoms with Crippen molar-refractivity contribution in [2.75, 3.05) is 33.9 Å². The van der Waals surface area contributed by atoms with Gasteiger partial charge in [0.15, 0.2) is 0 Å². The highest BCUT2D eigenvalue weighted by atomic mass is 16.5. The third-order valence-electron chi connectivity index (χ3n) is 4.18. The molecule has 24 heavy (non-hydrogen) atoms. The van der Waals surface area contributed by atoms with Crippen LogP contribution in [0.25, 0.3) is 0 Å². The smallest absolute Gasteiger partial charge is 0.248 e. The van der Waals surface area contributed by atoms with Crippen LogP contribution in [0.2, 0.25) is 0 Å². The summed E-state index contributed by atoms with van der Waals surface area (Å²) in [6, 6.07) is 3.89. The van der Waals surface area contributed by atoms with Gasteiger partial charge in [-0.3, -0.25) is 9.69 Å². The van der Waals surface area contributed by atoms with Gasteiger partial charge in [-0.1, -0.05) is 0 Å². The Morgan fingerprint density at radius 2 is 2.33 bits per heavy atom. The lowest BCUT2D eigenvalue weighted by Gasteiger charge is -2.23. The Morgan fingerprint density at radius 3 is 3.08 bits per heavy atom. The van der Waals surface area contributed by atoms with Gasteiger partial charge in [-0.2, -0.15) is 0 Å². The molecule has 7 heteroatoms. The number of imidazole rings is 1. The van der Waals surface area contributed by atoms with Gasteiger partial charge in [0.1, 0.15) is 18.2 Å². The van der Waals surface area contributed by atoms with Gasteiger partial charge in [-0.25, -0.2) is 4.98 Å². The van der Waals surface area contributed by atoms with E-state index in [1.807, 2.05) is 24.5 Å². The number of hydrogen-bond acceptors (Lipinski definition) is 5. The molecule has 0 aliphatic carbocycles. The molecule has 1 aliphatic heterocycles. The average molecular weight is 332 g/mol. The average Bonchev–Trinajstić information content (AvgIpc) is 3.16. The summed E-state index contributed by atoms with van der Waals surface area (Å²) >= 11 is 0. The first-order valence-electron chi connectivity index (χ1n) is 8.14. The molecule has 0 saturated heterocycles. The highest BCUT2D eigenvalue weighted by molar-refractivity contribution is 5.76. The van der Waals surface area contributed by atoms with Crippen molar-refractivity contribution in [2.24, 2.45) is 5.92 Å². The van der Waals surface area contributed by atoms with Crippen LogP contribution in [0.4, 0.5) is 0 Å². The lowest BCUT2D eigenvalue weighted by atomic mass is 10.1. The van der Waals surface area contributed by atoms with Crippen LogP contribution >= 0.6 is 0 Å². The minimum atomic E-state index is -0.0145. The molecule has 0 unspecified atom stereocenters. The largest absolute Gasteiger partial charge is 0.468 e. The molecule has 3 rings (SSSR count). The number of aromatic nitrogens is 2. The molecule has 2 aromatic heterocycles. The highest BCUT2D eigenvalue weighted by Crippen LogP contribution is 2.18. The normalized spacial score (nSPS) is 18.2. The first-order valence-corrected chi connectivity index (χ1v) is 8.14. The van der Waals surface area contributed by atoms with Gasteiger partial charge in [0, 0.05) is 45.5 Å². The van der Waals surface area contributed by atoms with Crippen LogP contribution in [0.15, 0.2) is 35.2 Å². The van der Waals surface area contributed by atoms with Crippen molar-refractivity contribution >= 4 is 5.91 Å². The highest BCUT2D eigenvalue weighted by Gasteiger charge is 2.23. The van der Waals surface area contributed by atoms with Crippen molar-refractivity contribution in [3.63, 3.8) is 0 Å². The lowest BCUT2D eigenvalue weighted by molar-refractivity contribution is -0.134. The summed E-state index contributed by atoms with van der Waals surface area (Å²) in [6.07, 6.45) is 5.53. The van der Waals surface area contributed by atoms with Gasteiger partial charge in [-0.15, -0.1) is 0 Å². The van der Waals surface area contributed by atoms with E-state index in [1.54, 1.807) is 25.3 Å². The first kappa shape index (κ1) is 16.7. The van der Waals surface area contributed by atoms with Gasteiger partial charge in [0.05, 0.1) is 26.0 Å². The van der Waals surface area contributed by atoms with Gasteiger partial charge in [0.25, 0.3) is 0 Å². The number of hydrogen-bond donors (Lipinski definition) is 0. The van der Waals surface area contributed by atoms with E-state index < -0.39 is 0 Å². The number of furan rings is 1. The molecule has 0 N–H and O–H groups in total. The molecule has 1 aliphatic rings. The van der Waals surface area contributed by atoms with Crippen molar-refractivity contribution in [1.82, 2.24) is 19.4 Å². The van der Waals surface area contributed by atoms with Gasteiger partial charge in [-0.05, 0) is 12.1 Å². The molecule has 1 amide bonds.